The summed E-state index contributed by atoms with van der Waals surface area (Å²) in [6.07, 6.45) is 1.89. The molecule has 29 heavy (non-hydrogen) atoms. The van der Waals surface area contributed by atoms with Crippen molar-refractivity contribution in [2.24, 2.45) is 0 Å². The van der Waals surface area contributed by atoms with Gasteiger partial charge in [-0.25, -0.2) is 4.98 Å². The van der Waals surface area contributed by atoms with E-state index >= 15 is 0 Å². The first-order valence-corrected chi connectivity index (χ1v) is 10.1. The number of hydrogen-bond acceptors (Lipinski definition) is 6. The second kappa shape index (κ2) is 9.78. The maximum Gasteiger partial charge on any atom is 0.229 e. The fourth-order valence-corrected chi connectivity index (χ4v) is 3.00. The lowest BCUT2D eigenvalue weighted by Crippen LogP contribution is -2.21. The molecule has 6 heteroatoms. The Hall–Kier alpha value is -3.28. The third-order valence-corrected chi connectivity index (χ3v) is 4.41. The van der Waals surface area contributed by atoms with Crippen molar-refractivity contribution in [3.63, 3.8) is 0 Å². The number of rotatable bonds is 9. The average molecular weight is 392 g/mol. The molecule has 0 amide bonds. The number of nitrogens with one attached hydrogen (secondary N) is 2. The zero-order valence-electron chi connectivity index (χ0n) is 17.5. The first-order chi connectivity index (χ1) is 14.1. The normalized spacial score (nSPS) is 10.7. The van der Waals surface area contributed by atoms with Crippen molar-refractivity contribution in [2.75, 3.05) is 28.6 Å². The average Bonchev–Trinajstić information content (AvgIpc) is 2.72. The predicted molar refractivity (Wildman–Crippen MR) is 121 cm³/mol. The Bertz CT molecular complexity index is 890. The van der Waals surface area contributed by atoms with Gasteiger partial charge in [-0.05, 0) is 82.3 Å². The van der Waals surface area contributed by atoms with Crippen LogP contribution in [-0.4, -0.2) is 29.2 Å². The number of aromatic nitrogens is 2. The van der Waals surface area contributed by atoms with Crippen LogP contribution in [-0.2, 0) is 0 Å². The van der Waals surface area contributed by atoms with Gasteiger partial charge in [0.15, 0.2) is 0 Å². The van der Waals surface area contributed by atoms with Crippen molar-refractivity contribution >= 4 is 28.8 Å². The van der Waals surface area contributed by atoms with Gasteiger partial charge in [0.1, 0.15) is 11.6 Å². The second-order valence-corrected chi connectivity index (χ2v) is 6.93. The molecule has 0 saturated heterocycles. The van der Waals surface area contributed by atoms with Gasteiger partial charge in [-0.1, -0.05) is 0 Å². The van der Waals surface area contributed by atoms with Crippen molar-refractivity contribution in [1.82, 2.24) is 9.97 Å². The molecule has 2 aromatic carbocycles. The van der Waals surface area contributed by atoms with E-state index in [9.17, 15) is 0 Å². The van der Waals surface area contributed by atoms with Gasteiger partial charge < -0.3 is 20.3 Å². The minimum atomic E-state index is 0.158. The molecule has 0 spiro atoms. The van der Waals surface area contributed by atoms with E-state index in [1.807, 2.05) is 56.3 Å². The number of benzene rings is 2. The van der Waals surface area contributed by atoms with E-state index in [4.69, 9.17) is 4.74 Å². The number of ether oxygens (including phenoxy) is 1. The zero-order chi connectivity index (χ0) is 20.6. The first kappa shape index (κ1) is 20.5. The SMILES string of the molecule is CCN(CC)c1ccc(Nc2nccc(Nc3ccc(OC(C)C)cc3)n2)cc1. The molecule has 152 valence electrons. The summed E-state index contributed by atoms with van der Waals surface area (Å²) in [5.74, 6) is 2.12. The zero-order valence-corrected chi connectivity index (χ0v) is 17.5. The summed E-state index contributed by atoms with van der Waals surface area (Å²) in [5.41, 5.74) is 3.10. The van der Waals surface area contributed by atoms with Crippen LogP contribution in [0.1, 0.15) is 27.7 Å². The standard InChI is InChI=1S/C23H29N5O/c1-5-28(6-2)20-11-7-19(8-12-20)26-23-24-16-15-22(27-23)25-18-9-13-21(14-10-18)29-17(3)4/h7-17H,5-6H2,1-4H3,(H2,24,25,26,27). The molecule has 0 aliphatic carbocycles. The highest BCUT2D eigenvalue weighted by Gasteiger charge is 2.04. The number of nitrogens with zero attached hydrogens (tertiary/aromatic N) is 3. The van der Waals surface area contributed by atoms with Crippen LogP contribution in [0.2, 0.25) is 0 Å². The molecular weight excluding hydrogens is 362 g/mol. The topological polar surface area (TPSA) is 62.3 Å². The van der Waals surface area contributed by atoms with E-state index in [0.29, 0.717) is 5.95 Å². The third kappa shape index (κ3) is 5.85. The third-order valence-electron chi connectivity index (χ3n) is 4.41. The van der Waals surface area contributed by atoms with Crippen LogP contribution >= 0.6 is 0 Å². The summed E-state index contributed by atoms with van der Waals surface area (Å²) >= 11 is 0. The molecular formula is C23H29N5O. The molecule has 0 bridgehead atoms. The van der Waals surface area contributed by atoms with Gasteiger partial charge in [0.05, 0.1) is 6.10 Å². The fourth-order valence-electron chi connectivity index (χ4n) is 3.00. The smallest absolute Gasteiger partial charge is 0.229 e. The van der Waals surface area contributed by atoms with Gasteiger partial charge >= 0.3 is 0 Å². The molecule has 1 heterocycles. The molecule has 6 nitrogen and oxygen atoms in total. The van der Waals surface area contributed by atoms with Crippen LogP contribution in [0.15, 0.2) is 60.8 Å². The Morgan fingerprint density at radius 2 is 1.48 bits per heavy atom. The molecule has 0 saturated carbocycles. The molecule has 0 atom stereocenters. The van der Waals surface area contributed by atoms with Crippen LogP contribution in [0.3, 0.4) is 0 Å². The van der Waals surface area contributed by atoms with Crippen LogP contribution in [0.25, 0.3) is 0 Å². The molecule has 3 rings (SSSR count). The highest BCUT2D eigenvalue weighted by atomic mass is 16.5. The Morgan fingerprint density at radius 3 is 2.10 bits per heavy atom. The van der Waals surface area contributed by atoms with Crippen LogP contribution in [0, 0.1) is 0 Å². The molecule has 0 radical (unpaired) electrons. The minimum Gasteiger partial charge on any atom is -0.491 e. The molecule has 2 N–H and O–H groups in total. The van der Waals surface area contributed by atoms with E-state index in [1.165, 1.54) is 5.69 Å². The first-order valence-electron chi connectivity index (χ1n) is 10.1. The van der Waals surface area contributed by atoms with Gasteiger partial charge in [0.2, 0.25) is 5.95 Å². The Balaban J connectivity index is 1.65. The molecule has 0 aliphatic rings. The van der Waals surface area contributed by atoms with Crippen molar-refractivity contribution in [3.8, 4) is 5.75 Å². The van der Waals surface area contributed by atoms with Crippen molar-refractivity contribution in [2.45, 2.75) is 33.8 Å². The van der Waals surface area contributed by atoms with Gasteiger partial charge in [-0.3, -0.25) is 0 Å². The van der Waals surface area contributed by atoms with E-state index in [-0.39, 0.29) is 6.10 Å². The fraction of sp³-hybridized carbons (Fsp3) is 0.304. The van der Waals surface area contributed by atoms with Crippen molar-refractivity contribution < 1.29 is 4.74 Å². The summed E-state index contributed by atoms with van der Waals surface area (Å²) in [6, 6.07) is 18.0. The lowest BCUT2D eigenvalue weighted by atomic mass is 10.2. The summed E-state index contributed by atoms with van der Waals surface area (Å²) in [7, 11) is 0. The van der Waals surface area contributed by atoms with Crippen molar-refractivity contribution in [3.05, 3.63) is 60.8 Å². The Labute approximate surface area is 173 Å². The molecule has 0 fully saturated rings. The highest BCUT2D eigenvalue weighted by molar-refractivity contribution is 5.62. The van der Waals surface area contributed by atoms with E-state index in [1.54, 1.807) is 6.20 Å². The molecule has 3 aromatic rings. The quantitative estimate of drug-likeness (QED) is 0.495. The van der Waals surface area contributed by atoms with E-state index in [2.05, 4.69) is 51.5 Å². The van der Waals surface area contributed by atoms with Gasteiger partial charge in [0.25, 0.3) is 0 Å². The maximum atomic E-state index is 5.68. The maximum absolute atomic E-state index is 5.68. The number of hydrogen-bond donors (Lipinski definition) is 2. The largest absolute Gasteiger partial charge is 0.491 e. The van der Waals surface area contributed by atoms with E-state index in [0.717, 1.165) is 36.0 Å². The minimum absolute atomic E-state index is 0.158. The Kier molecular flexibility index (Phi) is 6.89. The Morgan fingerprint density at radius 1 is 0.862 bits per heavy atom. The van der Waals surface area contributed by atoms with Gasteiger partial charge in [0, 0.05) is 36.3 Å². The molecule has 0 unspecified atom stereocenters. The van der Waals surface area contributed by atoms with E-state index < -0.39 is 0 Å². The lowest BCUT2D eigenvalue weighted by Gasteiger charge is -2.21. The second-order valence-electron chi connectivity index (χ2n) is 6.93. The van der Waals surface area contributed by atoms with Crippen LogP contribution in [0.4, 0.5) is 28.8 Å². The predicted octanol–water partition coefficient (Wildman–Crippen LogP) is 5.60. The van der Waals surface area contributed by atoms with Crippen LogP contribution < -0.4 is 20.3 Å². The highest BCUT2D eigenvalue weighted by Crippen LogP contribution is 2.22. The lowest BCUT2D eigenvalue weighted by molar-refractivity contribution is 0.242. The summed E-state index contributed by atoms with van der Waals surface area (Å²) in [4.78, 5) is 11.2. The van der Waals surface area contributed by atoms with Gasteiger partial charge in [-0.2, -0.15) is 4.98 Å². The molecule has 0 aliphatic heterocycles. The monoisotopic (exact) mass is 391 g/mol. The number of anilines is 5. The summed E-state index contributed by atoms with van der Waals surface area (Å²) in [5, 5.41) is 6.56. The summed E-state index contributed by atoms with van der Waals surface area (Å²) < 4.78 is 5.68. The van der Waals surface area contributed by atoms with Gasteiger partial charge in [-0.15, -0.1) is 0 Å². The van der Waals surface area contributed by atoms with Crippen molar-refractivity contribution in [1.29, 1.82) is 0 Å². The molecule has 1 aromatic heterocycles. The van der Waals surface area contributed by atoms with Crippen LogP contribution in [0.5, 0.6) is 5.75 Å². The summed E-state index contributed by atoms with van der Waals surface area (Å²) in [6.45, 7) is 10.3.